The number of rotatable bonds is 4. The molecular weight excluding hydrogens is 259 g/mol. The number of carbonyl (C=O) groups excluding carboxylic acids is 1. The van der Waals surface area contributed by atoms with E-state index in [-0.39, 0.29) is 11.7 Å². The molecule has 0 radical (unpaired) electrons. The maximum Gasteiger partial charge on any atom is 0.235 e. The van der Waals surface area contributed by atoms with Gasteiger partial charge in [-0.3, -0.25) is 4.79 Å². The highest BCUT2D eigenvalue weighted by molar-refractivity contribution is 7.92. The van der Waals surface area contributed by atoms with E-state index in [4.69, 9.17) is 5.73 Å². The van der Waals surface area contributed by atoms with Crippen molar-refractivity contribution >= 4 is 21.4 Å². The normalized spacial score (nSPS) is 15.4. The fourth-order valence-electron chi connectivity index (χ4n) is 1.52. The second kappa shape index (κ2) is 4.56. The first-order valence-electron chi connectivity index (χ1n) is 5.45. The smallest absolute Gasteiger partial charge is 0.235 e. The highest BCUT2D eigenvalue weighted by Gasteiger charge is 2.27. The molecule has 1 fully saturated rings. The lowest BCUT2D eigenvalue weighted by Crippen LogP contribution is -2.32. The van der Waals surface area contributed by atoms with Gasteiger partial charge in [-0.1, -0.05) is 0 Å². The summed E-state index contributed by atoms with van der Waals surface area (Å²) in [6, 6.07) is 3.36. The van der Waals surface area contributed by atoms with E-state index in [0.717, 1.165) is 25.0 Å². The van der Waals surface area contributed by atoms with Crippen molar-refractivity contribution < 1.29 is 17.6 Å². The van der Waals surface area contributed by atoms with Gasteiger partial charge in [0.05, 0.1) is 0 Å². The van der Waals surface area contributed by atoms with E-state index in [1.165, 1.54) is 6.07 Å². The summed E-state index contributed by atoms with van der Waals surface area (Å²) in [6.07, 6.45) is 1.73. The molecule has 0 aromatic heterocycles. The molecule has 2 rings (SSSR count). The molecule has 1 aromatic rings. The van der Waals surface area contributed by atoms with Crippen LogP contribution < -0.4 is 11.1 Å². The first kappa shape index (κ1) is 12.8. The van der Waals surface area contributed by atoms with Crippen molar-refractivity contribution in [1.82, 2.24) is 5.32 Å². The minimum absolute atomic E-state index is 0.0731. The fraction of sp³-hybridized carbons (Fsp3) is 0.364. The SMILES string of the molecule is Nc1ccc(S(=O)(=O)CC(=O)NC2CC2)c(F)c1. The lowest BCUT2D eigenvalue weighted by molar-refractivity contribution is -0.118. The Kier molecular flexibility index (Phi) is 3.25. The van der Waals surface area contributed by atoms with Crippen LogP contribution in [0.3, 0.4) is 0 Å². The molecule has 1 aromatic carbocycles. The molecule has 0 atom stereocenters. The molecule has 7 heteroatoms. The van der Waals surface area contributed by atoms with Crippen LogP contribution in [0.4, 0.5) is 10.1 Å². The first-order chi connectivity index (χ1) is 8.38. The summed E-state index contributed by atoms with van der Waals surface area (Å²) in [7, 11) is -3.97. The third-order valence-electron chi connectivity index (χ3n) is 2.55. The Bertz CT molecular complexity index is 582. The van der Waals surface area contributed by atoms with E-state index in [2.05, 4.69) is 5.32 Å². The Morgan fingerprint density at radius 3 is 2.67 bits per heavy atom. The zero-order chi connectivity index (χ0) is 13.3. The van der Waals surface area contributed by atoms with Crippen molar-refractivity contribution in [2.24, 2.45) is 0 Å². The second-order valence-electron chi connectivity index (χ2n) is 4.29. The minimum Gasteiger partial charge on any atom is -0.399 e. The maximum absolute atomic E-state index is 13.5. The predicted molar refractivity (Wildman–Crippen MR) is 64.0 cm³/mol. The van der Waals surface area contributed by atoms with Crippen LogP contribution in [0.15, 0.2) is 23.1 Å². The number of hydrogen-bond donors (Lipinski definition) is 2. The molecule has 0 spiro atoms. The number of nitrogen functional groups attached to an aromatic ring is 1. The quantitative estimate of drug-likeness (QED) is 0.779. The molecule has 1 amide bonds. The van der Waals surface area contributed by atoms with Gasteiger partial charge in [-0.2, -0.15) is 0 Å². The maximum atomic E-state index is 13.5. The summed E-state index contributed by atoms with van der Waals surface area (Å²) < 4.78 is 37.2. The predicted octanol–water partition coefficient (Wildman–Crippen LogP) is 0.460. The highest BCUT2D eigenvalue weighted by atomic mass is 32.2. The number of sulfone groups is 1. The number of nitrogens with one attached hydrogen (secondary N) is 1. The summed E-state index contributed by atoms with van der Waals surface area (Å²) in [5.74, 6) is -2.28. The summed E-state index contributed by atoms with van der Waals surface area (Å²) in [6.45, 7) is 0. The van der Waals surface area contributed by atoms with Gasteiger partial charge in [0.15, 0.2) is 9.84 Å². The first-order valence-corrected chi connectivity index (χ1v) is 7.11. The molecule has 5 nitrogen and oxygen atoms in total. The lowest BCUT2D eigenvalue weighted by atomic mass is 10.3. The molecule has 1 saturated carbocycles. The van der Waals surface area contributed by atoms with Crippen molar-refractivity contribution in [1.29, 1.82) is 0 Å². The third-order valence-corrected chi connectivity index (χ3v) is 4.20. The second-order valence-corrected chi connectivity index (χ2v) is 6.25. The molecule has 1 aliphatic carbocycles. The largest absolute Gasteiger partial charge is 0.399 e. The number of amides is 1. The van der Waals surface area contributed by atoms with E-state index < -0.39 is 32.2 Å². The van der Waals surface area contributed by atoms with E-state index in [0.29, 0.717) is 0 Å². The molecule has 1 aliphatic rings. The Morgan fingerprint density at radius 1 is 1.44 bits per heavy atom. The van der Waals surface area contributed by atoms with Crippen LogP contribution in [0.5, 0.6) is 0 Å². The van der Waals surface area contributed by atoms with Crippen molar-refractivity contribution in [3.8, 4) is 0 Å². The third kappa shape index (κ3) is 2.98. The topological polar surface area (TPSA) is 89.3 Å². The molecule has 18 heavy (non-hydrogen) atoms. The van der Waals surface area contributed by atoms with Crippen LogP contribution in [0.1, 0.15) is 12.8 Å². The number of nitrogens with two attached hydrogens (primary N) is 1. The van der Waals surface area contributed by atoms with E-state index >= 15 is 0 Å². The van der Waals surface area contributed by atoms with Crippen LogP contribution >= 0.6 is 0 Å². The van der Waals surface area contributed by atoms with Crippen LogP contribution in [0.2, 0.25) is 0 Å². The van der Waals surface area contributed by atoms with Gasteiger partial charge in [0.25, 0.3) is 0 Å². The summed E-state index contributed by atoms with van der Waals surface area (Å²) in [5, 5.41) is 2.55. The van der Waals surface area contributed by atoms with Gasteiger partial charge in [0.1, 0.15) is 16.5 Å². The van der Waals surface area contributed by atoms with E-state index in [1.54, 1.807) is 0 Å². The average Bonchev–Trinajstić information content (AvgIpc) is 2.99. The Hall–Kier alpha value is -1.63. The average molecular weight is 272 g/mol. The zero-order valence-electron chi connectivity index (χ0n) is 9.52. The number of benzene rings is 1. The fourth-order valence-corrected chi connectivity index (χ4v) is 2.73. The van der Waals surface area contributed by atoms with Gasteiger partial charge in [-0.15, -0.1) is 0 Å². The van der Waals surface area contributed by atoms with Crippen molar-refractivity contribution in [2.45, 2.75) is 23.8 Å². The Morgan fingerprint density at radius 2 is 2.11 bits per heavy atom. The number of anilines is 1. The van der Waals surface area contributed by atoms with Crippen molar-refractivity contribution in [3.05, 3.63) is 24.0 Å². The Labute approximate surface area is 104 Å². The standard InChI is InChI=1S/C11H13FN2O3S/c12-9-5-7(13)1-4-10(9)18(16,17)6-11(15)14-8-2-3-8/h1,4-5,8H,2-3,6,13H2,(H,14,15). The highest BCUT2D eigenvalue weighted by Crippen LogP contribution is 2.20. The van der Waals surface area contributed by atoms with Gasteiger partial charge >= 0.3 is 0 Å². The molecule has 3 N–H and O–H groups in total. The summed E-state index contributed by atoms with van der Waals surface area (Å²) >= 11 is 0. The summed E-state index contributed by atoms with van der Waals surface area (Å²) in [5.41, 5.74) is 5.47. The molecule has 98 valence electrons. The van der Waals surface area contributed by atoms with Crippen molar-refractivity contribution in [3.63, 3.8) is 0 Å². The number of carbonyl (C=O) groups is 1. The molecular formula is C11H13FN2O3S. The van der Waals surface area contributed by atoms with E-state index in [9.17, 15) is 17.6 Å². The number of hydrogen-bond acceptors (Lipinski definition) is 4. The monoisotopic (exact) mass is 272 g/mol. The van der Waals surface area contributed by atoms with Crippen LogP contribution in [-0.2, 0) is 14.6 Å². The summed E-state index contributed by atoms with van der Waals surface area (Å²) in [4.78, 5) is 10.9. The molecule has 0 bridgehead atoms. The van der Waals surface area contributed by atoms with Gasteiger partial charge in [-0.25, -0.2) is 12.8 Å². The van der Waals surface area contributed by atoms with Crippen molar-refractivity contribution in [2.75, 3.05) is 11.5 Å². The number of halogens is 1. The minimum atomic E-state index is -3.97. The lowest BCUT2D eigenvalue weighted by Gasteiger charge is -2.06. The molecule has 0 heterocycles. The van der Waals surface area contributed by atoms with Gasteiger partial charge in [0, 0.05) is 11.7 Å². The molecule has 0 aliphatic heterocycles. The molecule has 0 unspecified atom stereocenters. The molecule has 0 saturated heterocycles. The van der Waals surface area contributed by atoms with E-state index in [1.807, 2.05) is 0 Å². The van der Waals surface area contributed by atoms with Crippen LogP contribution in [0, 0.1) is 5.82 Å². The van der Waals surface area contributed by atoms with Gasteiger partial charge in [-0.05, 0) is 31.0 Å². The van der Waals surface area contributed by atoms with Gasteiger partial charge < -0.3 is 11.1 Å². The van der Waals surface area contributed by atoms with Gasteiger partial charge in [0.2, 0.25) is 5.91 Å². The van der Waals surface area contributed by atoms with Crippen LogP contribution in [0.25, 0.3) is 0 Å². The van der Waals surface area contributed by atoms with Crippen LogP contribution in [-0.4, -0.2) is 26.1 Å². The Balaban J connectivity index is 2.16. The zero-order valence-corrected chi connectivity index (χ0v) is 10.3.